The first-order valence-corrected chi connectivity index (χ1v) is 6.47. The van der Waals surface area contributed by atoms with Crippen LogP contribution in [-0.4, -0.2) is 29.1 Å². The van der Waals surface area contributed by atoms with E-state index in [2.05, 4.69) is 23.3 Å². The summed E-state index contributed by atoms with van der Waals surface area (Å²) < 4.78 is 0. The summed E-state index contributed by atoms with van der Waals surface area (Å²) in [6, 6.07) is 4.67. The van der Waals surface area contributed by atoms with Crippen molar-refractivity contribution >= 4 is 17.3 Å². The number of thiophene rings is 1. The molecule has 3 nitrogen and oxygen atoms in total. The summed E-state index contributed by atoms with van der Waals surface area (Å²) in [6.45, 7) is 2.14. The Morgan fingerprint density at radius 1 is 1.62 bits per heavy atom. The lowest BCUT2D eigenvalue weighted by molar-refractivity contribution is -0.149. The fraction of sp³-hybridized carbons (Fsp3) is 0.583. The molecule has 0 spiro atoms. The van der Waals surface area contributed by atoms with Crippen LogP contribution in [0.2, 0.25) is 0 Å². The molecule has 3 atom stereocenters. The van der Waals surface area contributed by atoms with Gasteiger partial charge in [-0.15, -0.1) is 11.3 Å². The summed E-state index contributed by atoms with van der Waals surface area (Å²) in [5.74, 6) is -0.825. The third kappa shape index (κ3) is 1.99. The van der Waals surface area contributed by atoms with E-state index in [0.29, 0.717) is 6.04 Å². The van der Waals surface area contributed by atoms with E-state index in [1.165, 1.54) is 4.88 Å². The maximum atomic E-state index is 11.0. The summed E-state index contributed by atoms with van der Waals surface area (Å²) in [5, 5.41) is 11.1. The van der Waals surface area contributed by atoms with Gasteiger partial charge in [-0.1, -0.05) is 6.07 Å². The molecular formula is C12H17NO2S. The topological polar surface area (TPSA) is 40.5 Å². The van der Waals surface area contributed by atoms with Gasteiger partial charge in [0.25, 0.3) is 0 Å². The zero-order chi connectivity index (χ0) is 11.7. The lowest BCUT2D eigenvalue weighted by Gasteiger charge is -2.42. The zero-order valence-corrected chi connectivity index (χ0v) is 10.4. The van der Waals surface area contributed by atoms with Gasteiger partial charge >= 0.3 is 5.97 Å². The summed E-state index contributed by atoms with van der Waals surface area (Å²) in [6.07, 6.45) is 1.82. The monoisotopic (exact) mass is 239 g/mol. The smallest absolute Gasteiger partial charge is 0.308 e. The average molecular weight is 239 g/mol. The molecule has 3 unspecified atom stereocenters. The predicted octanol–water partition coefficient (Wildman–Crippen LogP) is 2.60. The molecule has 0 saturated heterocycles. The van der Waals surface area contributed by atoms with Crippen molar-refractivity contribution in [1.29, 1.82) is 0 Å². The highest BCUT2D eigenvalue weighted by Crippen LogP contribution is 2.36. The molecule has 1 heterocycles. The average Bonchev–Trinajstić information content (AvgIpc) is 2.66. The van der Waals surface area contributed by atoms with Crippen LogP contribution in [0.1, 0.15) is 30.7 Å². The zero-order valence-electron chi connectivity index (χ0n) is 9.59. The molecule has 0 aromatic carbocycles. The molecule has 0 aliphatic heterocycles. The Bertz CT molecular complexity index is 363. The minimum atomic E-state index is -0.651. The first-order chi connectivity index (χ1) is 7.61. The molecule has 1 saturated carbocycles. The van der Waals surface area contributed by atoms with Gasteiger partial charge in [0.1, 0.15) is 0 Å². The number of carboxylic acid groups (broad SMARTS) is 1. The molecule has 0 bridgehead atoms. The van der Waals surface area contributed by atoms with Crippen molar-refractivity contribution in [2.75, 3.05) is 7.05 Å². The first-order valence-electron chi connectivity index (χ1n) is 5.59. The van der Waals surface area contributed by atoms with Crippen molar-refractivity contribution < 1.29 is 9.90 Å². The van der Waals surface area contributed by atoms with Gasteiger partial charge in [0.05, 0.1) is 5.92 Å². The molecule has 1 aliphatic rings. The van der Waals surface area contributed by atoms with Crippen molar-refractivity contribution in [3.63, 3.8) is 0 Å². The van der Waals surface area contributed by atoms with E-state index >= 15 is 0 Å². The fourth-order valence-electron chi connectivity index (χ4n) is 2.27. The summed E-state index contributed by atoms with van der Waals surface area (Å²) in [5.41, 5.74) is 0. The normalized spacial score (nSPS) is 26.4. The van der Waals surface area contributed by atoms with Crippen LogP contribution in [0, 0.1) is 5.92 Å². The van der Waals surface area contributed by atoms with Crippen LogP contribution < -0.4 is 0 Å². The number of carbonyl (C=O) groups is 1. The molecule has 2 rings (SSSR count). The second kappa shape index (κ2) is 4.55. The fourth-order valence-corrected chi connectivity index (χ4v) is 3.11. The second-order valence-corrected chi connectivity index (χ2v) is 5.43. The van der Waals surface area contributed by atoms with Crippen LogP contribution >= 0.6 is 11.3 Å². The van der Waals surface area contributed by atoms with E-state index in [1.807, 2.05) is 13.1 Å². The molecule has 1 aromatic heterocycles. The van der Waals surface area contributed by atoms with Crippen molar-refractivity contribution in [2.45, 2.75) is 31.8 Å². The van der Waals surface area contributed by atoms with Crippen molar-refractivity contribution in [2.24, 2.45) is 5.92 Å². The number of hydrogen-bond acceptors (Lipinski definition) is 3. The molecule has 0 amide bonds. The standard InChI is InChI=1S/C12H17NO2S/c1-8(11-4-3-7-16-11)13(2)10-6-5-9(10)12(14)15/h3-4,7-10H,5-6H2,1-2H3,(H,14,15). The van der Waals surface area contributed by atoms with Gasteiger partial charge in [-0.3, -0.25) is 9.69 Å². The number of aliphatic carboxylic acids is 1. The molecule has 0 radical (unpaired) electrons. The Balaban J connectivity index is 2.02. The van der Waals surface area contributed by atoms with Gasteiger partial charge in [-0.25, -0.2) is 0 Å². The quantitative estimate of drug-likeness (QED) is 0.878. The summed E-state index contributed by atoms with van der Waals surface area (Å²) >= 11 is 1.73. The van der Waals surface area contributed by atoms with Crippen molar-refractivity contribution in [1.82, 2.24) is 4.90 Å². The number of rotatable bonds is 4. The van der Waals surface area contributed by atoms with Crippen molar-refractivity contribution in [3.8, 4) is 0 Å². The van der Waals surface area contributed by atoms with E-state index in [9.17, 15) is 4.79 Å². The minimum Gasteiger partial charge on any atom is -0.481 e. The molecule has 1 fully saturated rings. The molecular weight excluding hydrogens is 222 g/mol. The summed E-state index contributed by atoms with van der Waals surface area (Å²) in [7, 11) is 2.03. The highest BCUT2D eigenvalue weighted by Gasteiger charge is 2.40. The molecule has 1 N–H and O–H groups in total. The third-order valence-corrected chi connectivity index (χ3v) is 4.69. The van der Waals surface area contributed by atoms with E-state index in [-0.39, 0.29) is 12.0 Å². The number of carboxylic acids is 1. The van der Waals surface area contributed by atoms with Gasteiger partial charge in [0, 0.05) is 17.0 Å². The van der Waals surface area contributed by atoms with Crippen LogP contribution in [0.15, 0.2) is 17.5 Å². The van der Waals surface area contributed by atoms with Crippen LogP contribution in [-0.2, 0) is 4.79 Å². The minimum absolute atomic E-state index is 0.174. The molecule has 4 heteroatoms. The van der Waals surface area contributed by atoms with E-state index in [0.717, 1.165) is 12.8 Å². The SMILES string of the molecule is CC(c1cccs1)N(C)C1CCC1C(=O)O. The van der Waals surface area contributed by atoms with Crippen LogP contribution in [0.4, 0.5) is 0 Å². The van der Waals surface area contributed by atoms with Crippen LogP contribution in [0.25, 0.3) is 0 Å². The highest BCUT2D eigenvalue weighted by atomic mass is 32.1. The molecule has 1 aromatic rings. The van der Waals surface area contributed by atoms with Gasteiger partial charge in [-0.05, 0) is 38.3 Å². The lowest BCUT2D eigenvalue weighted by atomic mass is 9.78. The molecule has 88 valence electrons. The Morgan fingerprint density at radius 3 is 2.81 bits per heavy atom. The van der Waals surface area contributed by atoms with Gasteiger partial charge in [0.2, 0.25) is 0 Å². The van der Waals surface area contributed by atoms with Crippen molar-refractivity contribution in [3.05, 3.63) is 22.4 Å². The Hall–Kier alpha value is -0.870. The van der Waals surface area contributed by atoms with Gasteiger partial charge in [-0.2, -0.15) is 0 Å². The Morgan fingerprint density at radius 2 is 2.38 bits per heavy atom. The number of nitrogens with zero attached hydrogens (tertiary/aromatic N) is 1. The lowest BCUT2D eigenvalue weighted by Crippen LogP contribution is -2.49. The maximum absolute atomic E-state index is 11.0. The van der Waals surface area contributed by atoms with E-state index in [4.69, 9.17) is 5.11 Å². The molecule has 1 aliphatic carbocycles. The van der Waals surface area contributed by atoms with E-state index in [1.54, 1.807) is 11.3 Å². The van der Waals surface area contributed by atoms with E-state index < -0.39 is 5.97 Å². The molecule has 16 heavy (non-hydrogen) atoms. The third-order valence-electron chi connectivity index (χ3n) is 3.64. The Labute approximate surface area is 99.7 Å². The van der Waals surface area contributed by atoms with Gasteiger partial charge < -0.3 is 5.11 Å². The van der Waals surface area contributed by atoms with Crippen LogP contribution in [0.5, 0.6) is 0 Å². The largest absolute Gasteiger partial charge is 0.481 e. The summed E-state index contributed by atoms with van der Waals surface area (Å²) in [4.78, 5) is 14.5. The van der Waals surface area contributed by atoms with Gasteiger partial charge in [0.15, 0.2) is 0 Å². The number of hydrogen-bond donors (Lipinski definition) is 1. The second-order valence-electron chi connectivity index (χ2n) is 4.45. The highest BCUT2D eigenvalue weighted by molar-refractivity contribution is 7.10. The maximum Gasteiger partial charge on any atom is 0.308 e. The van der Waals surface area contributed by atoms with Crippen LogP contribution in [0.3, 0.4) is 0 Å². The predicted molar refractivity (Wildman–Crippen MR) is 64.6 cm³/mol. The Kier molecular flexibility index (Phi) is 3.30. The first kappa shape index (κ1) is 11.6.